The van der Waals surface area contributed by atoms with E-state index in [9.17, 15) is 9.18 Å². The number of fused-ring (bicyclic) bond motifs is 1. The fraction of sp³-hybridized carbons (Fsp3) is 0.333. The molecule has 0 spiro atoms. The molecule has 0 aliphatic carbocycles. The van der Waals surface area contributed by atoms with Crippen molar-refractivity contribution < 1.29 is 4.39 Å². The Balaban J connectivity index is 2.53. The SMILES string of the molecule is CNc1cc2[nH]c(=O)c(C(C)/C(C)=C\CF)cc2cn1. The van der Waals surface area contributed by atoms with Crippen LogP contribution in [0.5, 0.6) is 0 Å². The number of hydrogen-bond donors (Lipinski definition) is 2. The van der Waals surface area contributed by atoms with Gasteiger partial charge in [0.15, 0.2) is 0 Å². The number of aromatic nitrogens is 2. The van der Waals surface area contributed by atoms with E-state index in [0.717, 1.165) is 16.5 Å². The first-order chi connectivity index (χ1) is 9.56. The van der Waals surface area contributed by atoms with E-state index >= 15 is 0 Å². The highest BCUT2D eigenvalue weighted by Crippen LogP contribution is 2.23. The molecule has 0 aliphatic heterocycles. The number of anilines is 1. The van der Waals surface area contributed by atoms with Gasteiger partial charge in [0, 0.05) is 36.2 Å². The quantitative estimate of drug-likeness (QED) is 0.843. The maximum atomic E-state index is 12.4. The second-order valence-corrected chi connectivity index (χ2v) is 4.78. The first-order valence-corrected chi connectivity index (χ1v) is 6.50. The minimum atomic E-state index is -0.519. The lowest BCUT2D eigenvalue weighted by molar-refractivity contribution is 0.557. The molecule has 20 heavy (non-hydrogen) atoms. The highest BCUT2D eigenvalue weighted by Gasteiger charge is 2.13. The highest BCUT2D eigenvalue weighted by molar-refractivity contribution is 5.80. The zero-order valence-electron chi connectivity index (χ0n) is 11.8. The predicted octanol–water partition coefficient (Wildman–Crippen LogP) is 2.98. The minimum absolute atomic E-state index is 0.122. The smallest absolute Gasteiger partial charge is 0.252 e. The van der Waals surface area contributed by atoms with Crippen LogP contribution in [0.15, 0.2) is 34.8 Å². The lowest BCUT2D eigenvalue weighted by Crippen LogP contribution is -2.15. The van der Waals surface area contributed by atoms with Crippen LogP contribution in [-0.2, 0) is 0 Å². The van der Waals surface area contributed by atoms with E-state index in [1.54, 1.807) is 19.3 Å². The van der Waals surface area contributed by atoms with Gasteiger partial charge < -0.3 is 10.3 Å². The van der Waals surface area contributed by atoms with E-state index in [1.165, 1.54) is 6.08 Å². The number of hydrogen-bond acceptors (Lipinski definition) is 3. The first kappa shape index (κ1) is 14.2. The molecule has 0 aromatic carbocycles. The predicted molar refractivity (Wildman–Crippen MR) is 80.1 cm³/mol. The molecule has 2 aromatic heterocycles. The van der Waals surface area contributed by atoms with Crippen LogP contribution >= 0.6 is 0 Å². The van der Waals surface area contributed by atoms with Crippen LogP contribution in [0.4, 0.5) is 10.2 Å². The van der Waals surface area contributed by atoms with Crippen molar-refractivity contribution >= 4 is 16.7 Å². The van der Waals surface area contributed by atoms with Gasteiger partial charge in [-0.1, -0.05) is 18.6 Å². The van der Waals surface area contributed by atoms with E-state index in [1.807, 2.05) is 19.9 Å². The Hall–Kier alpha value is -2.17. The van der Waals surface area contributed by atoms with Crippen molar-refractivity contribution in [3.63, 3.8) is 0 Å². The fourth-order valence-electron chi connectivity index (χ4n) is 2.12. The lowest BCUT2D eigenvalue weighted by Gasteiger charge is -2.12. The summed E-state index contributed by atoms with van der Waals surface area (Å²) in [5.41, 5.74) is 2.05. The third-order valence-corrected chi connectivity index (χ3v) is 3.56. The Labute approximate surface area is 116 Å². The number of halogens is 1. The van der Waals surface area contributed by atoms with E-state index in [4.69, 9.17) is 0 Å². The fourth-order valence-corrected chi connectivity index (χ4v) is 2.12. The Morgan fingerprint density at radius 2 is 2.30 bits per heavy atom. The Morgan fingerprint density at radius 1 is 1.55 bits per heavy atom. The molecule has 4 nitrogen and oxygen atoms in total. The summed E-state index contributed by atoms with van der Waals surface area (Å²) in [4.78, 5) is 19.2. The van der Waals surface area contributed by atoms with Gasteiger partial charge in [0.25, 0.3) is 5.56 Å². The summed E-state index contributed by atoms with van der Waals surface area (Å²) in [7, 11) is 1.77. The Kier molecular flexibility index (Phi) is 4.17. The molecular formula is C15H18FN3O. The van der Waals surface area contributed by atoms with Crippen molar-refractivity contribution in [2.75, 3.05) is 19.0 Å². The third-order valence-electron chi connectivity index (χ3n) is 3.56. The summed E-state index contributed by atoms with van der Waals surface area (Å²) in [6, 6.07) is 3.61. The number of nitrogens with zero attached hydrogens (tertiary/aromatic N) is 1. The van der Waals surface area contributed by atoms with Gasteiger partial charge >= 0.3 is 0 Å². The van der Waals surface area contributed by atoms with Gasteiger partial charge in [-0.05, 0) is 13.0 Å². The van der Waals surface area contributed by atoms with Crippen molar-refractivity contribution in [3.05, 3.63) is 45.9 Å². The Bertz CT molecular complexity index is 706. The van der Waals surface area contributed by atoms with Crippen molar-refractivity contribution in [1.82, 2.24) is 9.97 Å². The molecule has 0 saturated heterocycles. The van der Waals surface area contributed by atoms with E-state index in [-0.39, 0.29) is 11.5 Å². The normalized spacial score (nSPS) is 13.5. The highest BCUT2D eigenvalue weighted by atomic mass is 19.1. The topological polar surface area (TPSA) is 57.8 Å². The third kappa shape index (κ3) is 2.71. The molecule has 0 aliphatic rings. The zero-order chi connectivity index (χ0) is 14.7. The van der Waals surface area contributed by atoms with Gasteiger partial charge in [-0.2, -0.15) is 0 Å². The molecule has 5 heteroatoms. The molecule has 0 radical (unpaired) electrons. The average molecular weight is 275 g/mol. The number of nitrogens with one attached hydrogen (secondary N) is 2. The van der Waals surface area contributed by atoms with Gasteiger partial charge in [0.1, 0.15) is 12.5 Å². The molecule has 0 bridgehead atoms. The van der Waals surface area contributed by atoms with E-state index < -0.39 is 6.67 Å². The summed E-state index contributed by atoms with van der Waals surface area (Å²) in [6.07, 6.45) is 3.21. The number of pyridine rings is 2. The molecule has 2 N–H and O–H groups in total. The lowest BCUT2D eigenvalue weighted by atomic mass is 9.94. The summed E-state index contributed by atoms with van der Waals surface area (Å²) >= 11 is 0. The summed E-state index contributed by atoms with van der Waals surface area (Å²) in [6.45, 7) is 3.21. The molecule has 0 saturated carbocycles. The summed E-state index contributed by atoms with van der Waals surface area (Å²) in [5, 5.41) is 3.79. The van der Waals surface area contributed by atoms with Crippen molar-refractivity contribution in [1.29, 1.82) is 0 Å². The van der Waals surface area contributed by atoms with Crippen LogP contribution in [0.25, 0.3) is 10.9 Å². The van der Waals surface area contributed by atoms with Crippen LogP contribution in [0.3, 0.4) is 0 Å². The Morgan fingerprint density at radius 3 is 2.95 bits per heavy atom. The number of alkyl halides is 1. The second kappa shape index (κ2) is 5.86. The molecule has 106 valence electrons. The average Bonchev–Trinajstić information content (AvgIpc) is 2.45. The maximum absolute atomic E-state index is 12.4. The van der Waals surface area contributed by atoms with Crippen molar-refractivity contribution in [2.45, 2.75) is 19.8 Å². The van der Waals surface area contributed by atoms with Crippen molar-refractivity contribution in [2.24, 2.45) is 0 Å². The molecule has 1 atom stereocenters. The van der Waals surface area contributed by atoms with Crippen LogP contribution in [0.1, 0.15) is 25.3 Å². The number of allylic oxidation sites excluding steroid dienone is 2. The maximum Gasteiger partial charge on any atom is 0.252 e. The summed E-state index contributed by atoms with van der Waals surface area (Å²) in [5.74, 6) is 0.574. The molecule has 2 rings (SSSR count). The molecule has 0 amide bonds. The van der Waals surface area contributed by atoms with Crippen LogP contribution < -0.4 is 10.9 Å². The monoisotopic (exact) mass is 275 g/mol. The van der Waals surface area contributed by atoms with Gasteiger partial charge in [-0.25, -0.2) is 9.37 Å². The second-order valence-electron chi connectivity index (χ2n) is 4.78. The number of rotatable bonds is 4. The molecule has 0 fully saturated rings. The van der Waals surface area contributed by atoms with Crippen LogP contribution in [-0.4, -0.2) is 23.7 Å². The number of aromatic amines is 1. The van der Waals surface area contributed by atoms with Crippen molar-refractivity contribution in [3.8, 4) is 0 Å². The van der Waals surface area contributed by atoms with Crippen LogP contribution in [0, 0.1) is 0 Å². The van der Waals surface area contributed by atoms with E-state index in [2.05, 4.69) is 15.3 Å². The number of H-pyrrole nitrogens is 1. The standard InChI is InChI=1S/C15H18FN3O/c1-9(4-5-16)10(2)12-6-11-8-18-14(17-3)7-13(11)19-15(12)20/h4,6-8,10H,5H2,1-3H3,(H,17,18)(H,19,20)/b9-4-. The molecular weight excluding hydrogens is 257 g/mol. The first-order valence-electron chi connectivity index (χ1n) is 6.50. The largest absolute Gasteiger partial charge is 0.373 e. The van der Waals surface area contributed by atoms with Gasteiger partial charge in [0.2, 0.25) is 0 Å². The van der Waals surface area contributed by atoms with Crippen LogP contribution in [0.2, 0.25) is 0 Å². The van der Waals surface area contributed by atoms with Gasteiger partial charge in [-0.3, -0.25) is 4.79 Å². The molecule has 2 aromatic rings. The zero-order valence-corrected chi connectivity index (χ0v) is 11.8. The molecule has 2 heterocycles. The van der Waals surface area contributed by atoms with E-state index in [0.29, 0.717) is 11.4 Å². The van der Waals surface area contributed by atoms with Gasteiger partial charge in [0.05, 0.1) is 5.52 Å². The minimum Gasteiger partial charge on any atom is -0.373 e. The van der Waals surface area contributed by atoms with Gasteiger partial charge in [-0.15, -0.1) is 0 Å². The summed E-state index contributed by atoms with van der Waals surface area (Å²) < 4.78 is 12.4. The molecule has 1 unspecified atom stereocenters.